The van der Waals surface area contributed by atoms with Gasteiger partial charge in [0, 0.05) is 31.1 Å². The highest BCUT2D eigenvalue weighted by atomic mass is 32.1. The maximum absolute atomic E-state index is 10.8. The second kappa shape index (κ2) is 5.62. The quantitative estimate of drug-likeness (QED) is 0.839. The molecule has 6 heteroatoms. The van der Waals surface area contributed by atoms with E-state index in [2.05, 4.69) is 15.3 Å². The van der Waals surface area contributed by atoms with Crippen molar-refractivity contribution < 1.29 is 9.90 Å². The van der Waals surface area contributed by atoms with Gasteiger partial charge >= 0.3 is 5.97 Å². The van der Waals surface area contributed by atoms with Crippen LogP contribution in [0.2, 0.25) is 0 Å². The lowest BCUT2D eigenvalue weighted by Gasteiger charge is -2.01. The highest BCUT2D eigenvalue weighted by Gasteiger charge is 2.14. The number of rotatable bonds is 4. The van der Waals surface area contributed by atoms with Crippen molar-refractivity contribution in [3.63, 3.8) is 0 Å². The molecule has 0 saturated heterocycles. The summed E-state index contributed by atoms with van der Waals surface area (Å²) in [5.41, 5.74) is 2.29. The number of thiazole rings is 1. The highest BCUT2D eigenvalue weighted by molar-refractivity contribution is 7.17. The average molecular weight is 275 g/mol. The zero-order valence-electron chi connectivity index (χ0n) is 10.5. The Morgan fingerprint density at radius 3 is 2.89 bits per heavy atom. The van der Waals surface area contributed by atoms with Crippen LogP contribution in [0.1, 0.15) is 11.8 Å². The molecule has 0 saturated carbocycles. The summed E-state index contributed by atoms with van der Waals surface area (Å²) >= 11 is 1.42. The van der Waals surface area contributed by atoms with Gasteiger partial charge in [-0.2, -0.15) is 0 Å². The number of anilines is 1. The van der Waals surface area contributed by atoms with E-state index in [1.807, 2.05) is 12.1 Å². The Labute approximate surface area is 114 Å². The van der Waals surface area contributed by atoms with Gasteiger partial charge in [0.2, 0.25) is 0 Å². The summed E-state index contributed by atoms with van der Waals surface area (Å²) in [5.74, 6) is -0.964. The van der Waals surface area contributed by atoms with Crippen LogP contribution in [-0.4, -0.2) is 28.1 Å². The smallest absolute Gasteiger partial charge is 0.328 e. The van der Waals surface area contributed by atoms with E-state index in [1.165, 1.54) is 17.4 Å². The zero-order valence-corrected chi connectivity index (χ0v) is 11.4. The van der Waals surface area contributed by atoms with Gasteiger partial charge in [-0.25, -0.2) is 9.78 Å². The monoisotopic (exact) mass is 275 g/mol. The van der Waals surface area contributed by atoms with E-state index >= 15 is 0 Å². The summed E-state index contributed by atoms with van der Waals surface area (Å²) in [7, 11) is 1.78. The van der Waals surface area contributed by atoms with Gasteiger partial charge in [-0.3, -0.25) is 4.98 Å². The van der Waals surface area contributed by atoms with Crippen LogP contribution in [0, 0.1) is 0 Å². The van der Waals surface area contributed by atoms with Crippen molar-refractivity contribution in [1.82, 2.24) is 9.97 Å². The van der Waals surface area contributed by atoms with E-state index in [-0.39, 0.29) is 0 Å². The summed E-state index contributed by atoms with van der Waals surface area (Å²) < 4.78 is 0. The fourth-order valence-corrected chi connectivity index (χ4v) is 2.56. The molecule has 5 nitrogen and oxygen atoms in total. The third-order valence-electron chi connectivity index (χ3n) is 2.47. The normalized spacial score (nSPS) is 11.4. The molecule has 0 bridgehead atoms. The van der Waals surface area contributed by atoms with Crippen LogP contribution >= 0.6 is 11.3 Å². The minimum atomic E-state index is -0.964. The lowest BCUT2D eigenvalue weighted by atomic mass is 10.1. The lowest BCUT2D eigenvalue weighted by molar-refractivity contribution is -0.131. The van der Waals surface area contributed by atoms with Gasteiger partial charge in [0.25, 0.3) is 0 Å². The average Bonchev–Trinajstić information content (AvgIpc) is 2.83. The Morgan fingerprint density at radius 2 is 2.32 bits per heavy atom. The predicted octanol–water partition coefficient (Wildman–Crippen LogP) is 2.73. The number of carboxylic acid groups (broad SMARTS) is 1. The first-order valence-corrected chi connectivity index (χ1v) is 6.44. The Bertz CT molecular complexity index is 620. The van der Waals surface area contributed by atoms with E-state index in [9.17, 15) is 4.79 Å². The van der Waals surface area contributed by atoms with E-state index in [0.29, 0.717) is 5.57 Å². The molecule has 0 atom stereocenters. The Kier molecular flexibility index (Phi) is 3.91. The number of hydrogen-bond acceptors (Lipinski definition) is 5. The van der Waals surface area contributed by atoms with Crippen LogP contribution in [0.15, 0.2) is 30.6 Å². The number of carboxylic acids is 1. The number of aliphatic carboxylic acids is 1. The third-order valence-corrected chi connectivity index (χ3v) is 3.68. The Balaban J connectivity index is 2.55. The van der Waals surface area contributed by atoms with Gasteiger partial charge < -0.3 is 10.4 Å². The summed E-state index contributed by atoms with van der Waals surface area (Å²) in [6.45, 7) is 1.76. The van der Waals surface area contributed by atoms with Gasteiger partial charge in [-0.15, -0.1) is 0 Å². The van der Waals surface area contributed by atoms with Crippen molar-refractivity contribution in [1.29, 1.82) is 0 Å². The molecule has 0 aliphatic rings. The maximum Gasteiger partial charge on any atom is 0.328 e. The molecule has 0 radical (unpaired) electrons. The summed E-state index contributed by atoms with van der Waals surface area (Å²) in [6, 6.07) is 3.73. The molecule has 0 aliphatic heterocycles. The van der Waals surface area contributed by atoms with Crippen LogP contribution in [-0.2, 0) is 4.79 Å². The molecule has 0 spiro atoms. The summed E-state index contributed by atoms with van der Waals surface area (Å²) in [5, 5.41) is 12.6. The molecule has 2 N–H and O–H groups in total. The van der Waals surface area contributed by atoms with Crippen LogP contribution in [0.4, 0.5) is 5.13 Å². The van der Waals surface area contributed by atoms with Gasteiger partial charge in [0.15, 0.2) is 5.13 Å². The molecule has 2 rings (SSSR count). The second-order valence-corrected chi connectivity index (χ2v) is 4.85. The summed E-state index contributed by atoms with van der Waals surface area (Å²) in [4.78, 5) is 20.1. The Hall–Kier alpha value is -2.21. The zero-order chi connectivity index (χ0) is 13.8. The van der Waals surface area contributed by atoms with Gasteiger partial charge in [-0.1, -0.05) is 11.3 Å². The van der Waals surface area contributed by atoms with Crippen LogP contribution < -0.4 is 5.32 Å². The van der Waals surface area contributed by atoms with Crippen molar-refractivity contribution in [2.24, 2.45) is 0 Å². The van der Waals surface area contributed by atoms with Gasteiger partial charge in [0.05, 0.1) is 10.6 Å². The van der Waals surface area contributed by atoms with E-state index in [0.717, 1.165) is 21.3 Å². The molecule has 19 heavy (non-hydrogen) atoms. The molecule has 98 valence electrons. The Morgan fingerprint density at radius 1 is 1.53 bits per heavy atom. The van der Waals surface area contributed by atoms with E-state index in [4.69, 9.17) is 5.11 Å². The number of nitrogens with zero attached hydrogens (tertiary/aromatic N) is 2. The fraction of sp³-hybridized carbons (Fsp3) is 0.154. The molecular formula is C13H13N3O2S. The molecule has 2 aromatic rings. The first kappa shape index (κ1) is 13.2. The summed E-state index contributed by atoms with van der Waals surface area (Å²) in [6.07, 6.45) is 4.59. The molecule has 2 heterocycles. The highest BCUT2D eigenvalue weighted by Crippen LogP contribution is 2.35. The van der Waals surface area contributed by atoms with Crippen LogP contribution in [0.5, 0.6) is 0 Å². The molecule has 2 aromatic heterocycles. The number of hydrogen-bond donors (Lipinski definition) is 2. The van der Waals surface area contributed by atoms with Crippen LogP contribution in [0.3, 0.4) is 0 Å². The number of pyridine rings is 1. The van der Waals surface area contributed by atoms with Crippen LogP contribution in [0.25, 0.3) is 16.8 Å². The third kappa shape index (κ3) is 2.97. The number of carbonyl (C=O) groups is 1. The molecule has 0 aromatic carbocycles. The standard InChI is InChI=1S/C13H13N3O2S/c1-8(6-10(17)18)12-11(16-13(14-2)19-12)9-4-3-5-15-7-9/h3-7H,1-2H3,(H,14,16)(H,17,18)/b8-6+. The lowest BCUT2D eigenvalue weighted by Crippen LogP contribution is -1.90. The maximum atomic E-state index is 10.8. The molecule has 0 aliphatic carbocycles. The molecule has 0 amide bonds. The topological polar surface area (TPSA) is 75.1 Å². The first-order valence-electron chi connectivity index (χ1n) is 5.62. The van der Waals surface area contributed by atoms with E-state index in [1.54, 1.807) is 26.4 Å². The largest absolute Gasteiger partial charge is 0.478 e. The van der Waals surface area contributed by atoms with Crippen molar-refractivity contribution in [3.05, 3.63) is 35.5 Å². The first-order chi connectivity index (χ1) is 9.11. The number of allylic oxidation sites excluding steroid dienone is 1. The molecule has 0 unspecified atom stereocenters. The predicted molar refractivity (Wildman–Crippen MR) is 76.2 cm³/mol. The fourth-order valence-electron chi connectivity index (χ4n) is 1.64. The van der Waals surface area contributed by atoms with Crippen molar-refractivity contribution in [3.8, 4) is 11.3 Å². The minimum Gasteiger partial charge on any atom is -0.478 e. The van der Waals surface area contributed by atoms with Crippen molar-refractivity contribution in [2.75, 3.05) is 12.4 Å². The van der Waals surface area contributed by atoms with Gasteiger partial charge in [0.1, 0.15) is 0 Å². The van der Waals surface area contributed by atoms with Crippen molar-refractivity contribution >= 4 is 28.0 Å². The van der Waals surface area contributed by atoms with Crippen molar-refractivity contribution in [2.45, 2.75) is 6.92 Å². The second-order valence-electron chi connectivity index (χ2n) is 3.85. The molecule has 0 fully saturated rings. The number of nitrogens with one attached hydrogen (secondary N) is 1. The van der Waals surface area contributed by atoms with E-state index < -0.39 is 5.97 Å². The minimum absolute atomic E-state index is 0.672. The molecular weight excluding hydrogens is 262 g/mol. The number of aromatic nitrogens is 2. The van der Waals surface area contributed by atoms with Gasteiger partial charge in [-0.05, 0) is 24.6 Å². The SMILES string of the molecule is CNc1nc(-c2cccnc2)c(/C(C)=C/C(=O)O)s1.